The van der Waals surface area contributed by atoms with E-state index in [0.29, 0.717) is 12.8 Å². The van der Waals surface area contributed by atoms with Gasteiger partial charge in [-0.2, -0.15) is 0 Å². The highest BCUT2D eigenvalue weighted by Crippen LogP contribution is 2.36. The van der Waals surface area contributed by atoms with Crippen molar-refractivity contribution in [2.45, 2.75) is 187 Å². The third-order valence-corrected chi connectivity index (χ3v) is 8.74. The Morgan fingerprint density at radius 3 is 1.67 bits per heavy atom. The Morgan fingerprint density at radius 1 is 0.633 bits per heavy atom. The van der Waals surface area contributed by atoms with Crippen molar-refractivity contribution in [3.8, 4) is 0 Å². The maximum absolute atomic E-state index is 12.4. The minimum absolute atomic E-state index is 0.167. The van der Waals surface area contributed by atoms with Crippen LogP contribution in [0.2, 0.25) is 0 Å². The van der Waals surface area contributed by atoms with Crippen LogP contribution in [0.25, 0.3) is 0 Å². The molecule has 2 atom stereocenters. The summed E-state index contributed by atoms with van der Waals surface area (Å²) in [5.41, 5.74) is 0. The SMILES string of the molecule is CC/C=C/CC(O)/C=C/C=C/CCCCCCCC(=O)O[C@H](COC(=O)CCCCCCCCCCCCCCCCC)COP(=O)(O)O. The van der Waals surface area contributed by atoms with Crippen LogP contribution in [-0.4, -0.2) is 52.3 Å². The maximum atomic E-state index is 12.4. The Balaban J connectivity index is 4.01. The second-order valence-corrected chi connectivity index (χ2v) is 14.3. The van der Waals surface area contributed by atoms with Crippen LogP contribution in [0.5, 0.6) is 0 Å². The van der Waals surface area contributed by atoms with Crippen molar-refractivity contribution in [1.82, 2.24) is 0 Å². The van der Waals surface area contributed by atoms with Crippen molar-refractivity contribution in [2.75, 3.05) is 13.2 Å². The summed E-state index contributed by atoms with van der Waals surface area (Å²) in [5, 5.41) is 9.83. The number of phosphoric ester groups is 1. The molecule has 0 aliphatic heterocycles. The minimum atomic E-state index is -4.77. The molecule has 286 valence electrons. The van der Waals surface area contributed by atoms with E-state index in [-0.39, 0.29) is 19.4 Å². The molecule has 0 aromatic heterocycles. The van der Waals surface area contributed by atoms with Gasteiger partial charge in [0, 0.05) is 12.8 Å². The van der Waals surface area contributed by atoms with E-state index in [1.54, 1.807) is 6.08 Å². The van der Waals surface area contributed by atoms with Gasteiger partial charge in [-0.05, 0) is 38.5 Å². The fourth-order valence-electron chi connectivity index (χ4n) is 5.35. The summed E-state index contributed by atoms with van der Waals surface area (Å²) in [6.07, 6.45) is 36.2. The summed E-state index contributed by atoms with van der Waals surface area (Å²) in [5.74, 6) is -0.935. The van der Waals surface area contributed by atoms with Gasteiger partial charge in [-0.3, -0.25) is 14.1 Å². The standard InChI is InChI=1S/C39H71O9P/c1-3-5-7-8-9-10-11-12-13-14-15-18-21-24-28-32-38(41)46-34-37(35-47-49(43,44)45)48-39(42)33-29-25-22-19-16-17-20-23-27-31-36(40)30-26-6-4-2/h6,20,23,26-27,31,36-37,40H,3-5,7-19,21-22,24-25,28-30,32-35H2,1-2H3,(H2,43,44,45)/b23-20+,26-6+,31-27+/t36?,37-/m1/s1. The molecule has 0 aliphatic rings. The molecule has 10 heteroatoms. The van der Waals surface area contributed by atoms with Crippen molar-refractivity contribution < 1.29 is 43.0 Å². The second-order valence-electron chi connectivity index (χ2n) is 13.1. The summed E-state index contributed by atoms with van der Waals surface area (Å²) < 4.78 is 26.3. The van der Waals surface area contributed by atoms with Gasteiger partial charge in [-0.1, -0.05) is 159 Å². The van der Waals surface area contributed by atoms with Gasteiger partial charge >= 0.3 is 19.8 Å². The first kappa shape index (κ1) is 47.2. The normalized spacial score (nSPS) is 13.5. The van der Waals surface area contributed by atoms with Gasteiger partial charge in [-0.15, -0.1) is 0 Å². The molecular formula is C39H71O9P. The summed E-state index contributed by atoms with van der Waals surface area (Å²) >= 11 is 0. The first-order chi connectivity index (χ1) is 23.7. The van der Waals surface area contributed by atoms with Crippen molar-refractivity contribution in [2.24, 2.45) is 0 Å². The molecule has 0 saturated carbocycles. The lowest BCUT2D eigenvalue weighted by atomic mass is 10.0. The zero-order valence-corrected chi connectivity index (χ0v) is 31.8. The molecule has 3 N–H and O–H groups in total. The van der Waals surface area contributed by atoms with Crippen LogP contribution in [0.15, 0.2) is 36.5 Å². The number of allylic oxidation sites excluding steroid dienone is 4. The number of unbranched alkanes of at least 4 members (excludes halogenated alkanes) is 19. The highest BCUT2D eigenvalue weighted by molar-refractivity contribution is 7.46. The number of rotatable bonds is 35. The molecule has 0 aromatic carbocycles. The number of phosphoric acid groups is 1. The van der Waals surface area contributed by atoms with E-state index in [2.05, 4.69) is 24.4 Å². The minimum Gasteiger partial charge on any atom is -0.462 e. The van der Waals surface area contributed by atoms with Crippen LogP contribution in [0.1, 0.15) is 174 Å². The van der Waals surface area contributed by atoms with Crippen LogP contribution in [-0.2, 0) is 28.2 Å². The van der Waals surface area contributed by atoms with E-state index in [1.165, 1.54) is 77.0 Å². The van der Waals surface area contributed by atoms with E-state index >= 15 is 0 Å². The van der Waals surface area contributed by atoms with Gasteiger partial charge in [-0.25, -0.2) is 4.57 Å². The van der Waals surface area contributed by atoms with Gasteiger partial charge in [0.1, 0.15) is 6.61 Å². The number of ether oxygens (including phenoxy) is 2. The van der Waals surface area contributed by atoms with Crippen LogP contribution in [0.3, 0.4) is 0 Å². The largest absolute Gasteiger partial charge is 0.469 e. The van der Waals surface area contributed by atoms with E-state index in [0.717, 1.165) is 57.8 Å². The Kier molecular flexibility index (Phi) is 33.4. The molecule has 0 saturated heterocycles. The average Bonchev–Trinajstić information content (AvgIpc) is 3.06. The smallest absolute Gasteiger partial charge is 0.462 e. The third-order valence-electron chi connectivity index (χ3n) is 8.25. The van der Waals surface area contributed by atoms with Crippen molar-refractivity contribution in [3.05, 3.63) is 36.5 Å². The molecule has 0 aromatic rings. The molecule has 9 nitrogen and oxygen atoms in total. The Bertz CT molecular complexity index is 912. The third kappa shape index (κ3) is 37.3. The van der Waals surface area contributed by atoms with Gasteiger partial charge in [0.05, 0.1) is 12.7 Å². The Hall–Kier alpha value is -1.77. The molecule has 0 radical (unpaired) electrons. The predicted molar refractivity (Wildman–Crippen MR) is 199 cm³/mol. The second kappa shape index (κ2) is 34.7. The van der Waals surface area contributed by atoms with E-state index in [4.69, 9.17) is 19.3 Å². The number of aliphatic hydroxyl groups is 1. The molecule has 0 spiro atoms. The van der Waals surface area contributed by atoms with Crippen molar-refractivity contribution in [1.29, 1.82) is 0 Å². The van der Waals surface area contributed by atoms with E-state index in [9.17, 15) is 19.3 Å². The molecule has 0 aliphatic carbocycles. The number of aliphatic hydroxyl groups excluding tert-OH is 1. The zero-order chi connectivity index (χ0) is 36.3. The molecule has 0 rings (SSSR count). The van der Waals surface area contributed by atoms with Crippen LogP contribution in [0, 0.1) is 0 Å². The monoisotopic (exact) mass is 714 g/mol. The number of esters is 2. The first-order valence-corrected chi connectivity index (χ1v) is 20.9. The molecule has 0 fully saturated rings. The quantitative estimate of drug-likeness (QED) is 0.0192. The number of carbonyl (C=O) groups excluding carboxylic acids is 2. The molecule has 1 unspecified atom stereocenters. The van der Waals surface area contributed by atoms with Crippen molar-refractivity contribution in [3.63, 3.8) is 0 Å². The highest BCUT2D eigenvalue weighted by atomic mass is 31.2. The molecular weight excluding hydrogens is 643 g/mol. The summed E-state index contributed by atoms with van der Waals surface area (Å²) in [6, 6.07) is 0. The van der Waals surface area contributed by atoms with Gasteiger partial charge in [0.15, 0.2) is 6.10 Å². The lowest BCUT2D eigenvalue weighted by Crippen LogP contribution is -2.29. The maximum Gasteiger partial charge on any atom is 0.469 e. The lowest BCUT2D eigenvalue weighted by Gasteiger charge is -2.18. The van der Waals surface area contributed by atoms with Gasteiger partial charge in [0.2, 0.25) is 0 Å². The van der Waals surface area contributed by atoms with Gasteiger partial charge < -0.3 is 24.4 Å². The Labute approximate surface area is 298 Å². The zero-order valence-electron chi connectivity index (χ0n) is 30.9. The fraction of sp³-hybridized carbons (Fsp3) is 0.795. The molecule has 0 amide bonds. The molecule has 49 heavy (non-hydrogen) atoms. The van der Waals surface area contributed by atoms with Crippen LogP contribution < -0.4 is 0 Å². The average molecular weight is 715 g/mol. The fourth-order valence-corrected chi connectivity index (χ4v) is 5.71. The van der Waals surface area contributed by atoms with E-state index in [1.807, 2.05) is 24.3 Å². The number of hydrogen-bond acceptors (Lipinski definition) is 7. The molecule has 0 bridgehead atoms. The van der Waals surface area contributed by atoms with Crippen LogP contribution in [0.4, 0.5) is 0 Å². The van der Waals surface area contributed by atoms with Gasteiger partial charge in [0.25, 0.3) is 0 Å². The Morgan fingerprint density at radius 2 is 1.14 bits per heavy atom. The molecule has 0 heterocycles. The number of hydrogen-bond donors (Lipinski definition) is 3. The first-order valence-electron chi connectivity index (χ1n) is 19.4. The van der Waals surface area contributed by atoms with E-state index < -0.39 is 38.6 Å². The summed E-state index contributed by atoms with van der Waals surface area (Å²) in [7, 11) is -4.77. The van der Waals surface area contributed by atoms with Crippen LogP contribution >= 0.6 is 7.82 Å². The van der Waals surface area contributed by atoms with Crippen molar-refractivity contribution >= 4 is 19.8 Å². The lowest BCUT2D eigenvalue weighted by molar-refractivity contribution is -0.161. The summed E-state index contributed by atoms with van der Waals surface area (Å²) in [4.78, 5) is 42.7. The highest BCUT2D eigenvalue weighted by Gasteiger charge is 2.22. The summed E-state index contributed by atoms with van der Waals surface area (Å²) in [6.45, 7) is 3.45. The topological polar surface area (TPSA) is 140 Å². The predicted octanol–water partition coefficient (Wildman–Crippen LogP) is 10.4. The number of carbonyl (C=O) groups is 2.